The Labute approximate surface area is 99.8 Å². The summed E-state index contributed by atoms with van der Waals surface area (Å²) in [5.41, 5.74) is 4.81. The van der Waals surface area contributed by atoms with E-state index in [0.29, 0.717) is 17.4 Å². The summed E-state index contributed by atoms with van der Waals surface area (Å²) in [7, 11) is 1.75. The maximum absolute atomic E-state index is 11.4. The maximum Gasteiger partial charge on any atom is 0.237 e. The first-order valence-corrected chi connectivity index (χ1v) is 6.48. The second-order valence-electron chi connectivity index (χ2n) is 4.23. The Balaban J connectivity index is 2.42. The molecule has 6 heteroatoms. The minimum absolute atomic E-state index is 0.216. The first kappa shape index (κ1) is 13.8. The van der Waals surface area contributed by atoms with Crippen LogP contribution in [0.3, 0.4) is 0 Å². The molecule has 0 aromatic rings. The molecule has 0 aromatic heterocycles. The predicted octanol–water partition coefficient (Wildman–Crippen LogP) is -0.931. The van der Waals surface area contributed by atoms with Crippen LogP contribution in [0.5, 0.6) is 0 Å². The van der Waals surface area contributed by atoms with E-state index < -0.39 is 11.6 Å². The summed E-state index contributed by atoms with van der Waals surface area (Å²) in [6.45, 7) is -0.216. The highest BCUT2D eigenvalue weighted by atomic mass is 32.2. The summed E-state index contributed by atoms with van der Waals surface area (Å²) in [5, 5.41) is 21.3. The van der Waals surface area contributed by atoms with Crippen molar-refractivity contribution in [3.05, 3.63) is 0 Å². The van der Waals surface area contributed by atoms with Gasteiger partial charge in [-0.1, -0.05) is 0 Å². The molecule has 0 saturated heterocycles. The zero-order valence-corrected chi connectivity index (χ0v) is 10.3. The first-order chi connectivity index (χ1) is 7.54. The van der Waals surface area contributed by atoms with Crippen molar-refractivity contribution in [1.82, 2.24) is 5.32 Å². The van der Waals surface area contributed by atoms with Gasteiger partial charge in [0.25, 0.3) is 0 Å². The van der Waals surface area contributed by atoms with Crippen LogP contribution in [-0.2, 0) is 4.79 Å². The van der Waals surface area contributed by atoms with Gasteiger partial charge in [0.2, 0.25) is 5.91 Å². The van der Waals surface area contributed by atoms with Crippen molar-refractivity contribution in [3.8, 4) is 0 Å². The van der Waals surface area contributed by atoms with Crippen LogP contribution >= 0.6 is 11.8 Å². The summed E-state index contributed by atoms with van der Waals surface area (Å²) in [6.07, 6.45) is 1.67. The van der Waals surface area contributed by atoms with E-state index in [4.69, 9.17) is 10.8 Å². The number of primary amides is 1. The van der Waals surface area contributed by atoms with Gasteiger partial charge >= 0.3 is 0 Å². The molecule has 94 valence electrons. The lowest BCUT2D eigenvalue weighted by Gasteiger charge is -2.24. The summed E-state index contributed by atoms with van der Waals surface area (Å²) in [6, 6.07) is 0. The zero-order chi connectivity index (χ0) is 12.2. The van der Waals surface area contributed by atoms with E-state index in [1.165, 1.54) is 0 Å². The highest BCUT2D eigenvalue weighted by Gasteiger charge is 2.42. The Morgan fingerprint density at radius 2 is 2.44 bits per heavy atom. The van der Waals surface area contributed by atoms with Crippen molar-refractivity contribution >= 4 is 17.7 Å². The molecule has 0 heterocycles. The second kappa shape index (κ2) is 5.86. The molecule has 3 atom stereocenters. The van der Waals surface area contributed by atoms with Crippen LogP contribution in [0.15, 0.2) is 0 Å². The third kappa shape index (κ3) is 3.10. The van der Waals surface area contributed by atoms with E-state index in [1.807, 2.05) is 0 Å². The van der Waals surface area contributed by atoms with Crippen LogP contribution in [0.1, 0.15) is 19.3 Å². The van der Waals surface area contributed by atoms with Gasteiger partial charge in [-0.15, -0.1) is 0 Å². The van der Waals surface area contributed by atoms with E-state index in [0.717, 1.165) is 12.8 Å². The molecule has 0 spiro atoms. The topological polar surface area (TPSA) is 95.6 Å². The van der Waals surface area contributed by atoms with Gasteiger partial charge in [0.05, 0.1) is 18.2 Å². The van der Waals surface area contributed by atoms with E-state index in [1.54, 1.807) is 18.8 Å². The van der Waals surface area contributed by atoms with E-state index in [9.17, 15) is 9.90 Å². The van der Waals surface area contributed by atoms with Crippen LogP contribution in [0.25, 0.3) is 0 Å². The van der Waals surface area contributed by atoms with Crippen molar-refractivity contribution < 1.29 is 15.0 Å². The van der Waals surface area contributed by atoms with E-state index >= 15 is 0 Å². The Morgan fingerprint density at radius 3 is 2.88 bits per heavy atom. The molecule has 16 heavy (non-hydrogen) atoms. The van der Waals surface area contributed by atoms with Crippen LogP contribution in [-0.4, -0.2) is 52.4 Å². The van der Waals surface area contributed by atoms with Gasteiger partial charge in [0, 0.05) is 11.0 Å². The molecule has 5 N–H and O–H groups in total. The molecule has 1 aliphatic rings. The lowest BCUT2D eigenvalue weighted by molar-refractivity contribution is -0.124. The largest absolute Gasteiger partial charge is 0.394 e. The van der Waals surface area contributed by atoms with Crippen LogP contribution in [0.2, 0.25) is 0 Å². The molecule has 1 amide bonds. The van der Waals surface area contributed by atoms with E-state index in [2.05, 4.69) is 5.32 Å². The number of aliphatic hydroxyl groups is 2. The number of nitrogens with one attached hydrogen (secondary N) is 1. The van der Waals surface area contributed by atoms with Crippen molar-refractivity contribution in [1.29, 1.82) is 0 Å². The molecule has 1 rings (SSSR count). The normalized spacial score (nSPS) is 31.6. The van der Waals surface area contributed by atoms with Crippen molar-refractivity contribution in [2.45, 2.75) is 36.2 Å². The third-order valence-corrected chi connectivity index (χ3v) is 4.61. The van der Waals surface area contributed by atoms with Gasteiger partial charge in [0.1, 0.15) is 0 Å². The Bertz CT molecular complexity index is 252. The predicted molar refractivity (Wildman–Crippen MR) is 64.2 cm³/mol. The Kier molecular flexibility index (Phi) is 5.04. The minimum Gasteiger partial charge on any atom is -0.394 e. The highest BCUT2D eigenvalue weighted by Crippen LogP contribution is 2.36. The minimum atomic E-state index is -0.678. The summed E-state index contributed by atoms with van der Waals surface area (Å²) < 4.78 is 0. The standard InChI is InChI=1S/C10H20N2O3S/c1-12-10(9(11)15)3-2-8(4-10)16-6-7(14)5-13/h7-8,12-14H,2-6H2,1H3,(H2,11,15). The average Bonchev–Trinajstić information content (AvgIpc) is 2.70. The molecular formula is C10H20N2O3S. The zero-order valence-electron chi connectivity index (χ0n) is 9.48. The van der Waals surface area contributed by atoms with Gasteiger partial charge < -0.3 is 21.3 Å². The fourth-order valence-electron chi connectivity index (χ4n) is 2.02. The number of carbonyl (C=O) groups is 1. The molecule has 1 fully saturated rings. The molecule has 1 saturated carbocycles. The van der Waals surface area contributed by atoms with Gasteiger partial charge in [-0.2, -0.15) is 11.8 Å². The van der Waals surface area contributed by atoms with E-state index in [-0.39, 0.29) is 12.5 Å². The molecule has 0 aliphatic heterocycles. The van der Waals surface area contributed by atoms with Crippen LogP contribution in [0.4, 0.5) is 0 Å². The Hall–Kier alpha value is -0.300. The van der Waals surface area contributed by atoms with Gasteiger partial charge in [-0.25, -0.2) is 0 Å². The molecule has 5 nitrogen and oxygen atoms in total. The smallest absolute Gasteiger partial charge is 0.237 e. The average molecular weight is 248 g/mol. The quantitative estimate of drug-likeness (QED) is 0.487. The van der Waals surface area contributed by atoms with Crippen molar-refractivity contribution in [2.75, 3.05) is 19.4 Å². The lowest BCUT2D eigenvalue weighted by Crippen LogP contribution is -2.52. The number of nitrogens with two attached hydrogens (primary N) is 1. The Morgan fingerprint density at radius 1 is 1.75 bits per heavy atom. The van der Waals surface area contributed by atoms with Gasteiger partial charge in [-0.3, -0.25) is 4.79 Å². The van der Waals surface area contributed by atoms with Crippen molar-refractivity contribution in [3.63, 3.8) is 0 Å². The highest BCUT2D eigenvalue weighted by molar-refractivity contribution is 7.99. The summed E-state index contributed by atoms with van der Waals surface area (Å²) in [5.74, 6) is 0.195. The number of carbonyl (C=O) groups excluding carboxylic acids is 1. The number of hydrogen-bond acceptors (Lipinski definition) is 5. The number of hydrogen-bond donors (Lipinski definition) is 4. The van der Waals surface area contributed by atoms with Crippen molar-refractivity contribution in [2.24, 2.45) is 5.73 Å². The molecule has 0 bridgehead atoms. The lowest BCUT2D eigenvalue weighted by atomic mass is 9.97. The number of aliphatic hydroxyl groups excluding tert-OH is 2. The second-order valence-corrected chi connectivity index (χ2v) is 5.56. The number of amides is 1. The molecule has 3 unspecified atom stereocenters. The molecule has 1 aliphatic carbocycles. The third-order valence-electron chi connectivity index (χ3n) is 3.15. The fraction of sp³-hybridized carbons (Fsp3) is 0.900. The van der Waals surface area contributed by atoms with Crippen LogP contribution in [0, 0.1) is 0 Å². The SMILES string of the molecule is CNC1(C(N)=O)CCC(SCC(O)CO)C1. The van der Waals surface area contributed by atoms with Crippen LogP contribution < -0.4 is 11.1 Å². The summed E-state index contributed by atoms with van der Waals surface area (Å²) >= 11 is 1.59. The number of thioether (sulfide) groups is 1. The maximum atomic E-state index is 11.4. The molecule has 0 aromatic carbocycles. The number of likely N-dealkylation sites (N-methyl/N-ethyl adjacent to an activating group) is 1. The molecular weight excluding hydrogens is 228 g/mol. The fourth-order valence-corrected chi connectivity index (χ4v) is 3.30. The molecule has 0 radical (unpaired) electrons. The van der Waals surface area contributed by atoms with Gasteiger partial charge in [0.15, 0.2) is 0 Å². The summed E-state index contributed by atoms with van der Waals surface area (Å²) in [4.78, 5) is 11.4. The monoisotopic (exact) mass is 248 g/mol. The first-order valence-electron chi connectivity index (χ1n) is 5.43. The number of rotatable bonds is 6. The van der Waals surface area contributed by atoms with Gasteiger partial charge in [-0.05, 0) is 26.3 Å².